The van der Waals surface area contributed by atoms with E-state index in [9.17, 15) is 9.90 Å². The van der Waals surface area contributed by atoms with E-state index in [1.54, 1.807) is 36.3 Å². The van der Waals surface area contributed by atoms with Gasteiger partial charge in [-0.1, -0.05) is 73.7 Å². The Morgan fingerprint density at radius 2 is 1.62 bits per heavy atom. The molecular formula is C32H32N2O4S. The highest BCUT2D eigenvalue weighted by Crippen LogP contribution is 2.43. The summed E-state index contributed by atoms with van der Waals surface area (Å²) in [4.78, 5) is 17.6. The van der Waals surface area contributed by atoms with Gasteiger partial charge in [0.25, 0.3) is 5.91 Å². The molecule has 0 spiro atoms. The summed E-state index contributed by atoms with van der Waals surface area (Å²) in [6.07, 6.45) is 2.48. The Hall–Kier alpha value is -3.49. The van der Waals surface area contributed by atoms with E-state index >= 15 is 0 Å². The summed E-state index contributed by atoms with van der Waals surface area (Å²) >= 11 is 1.78. The fraction of sp³-hybridized carbons (Fsp3) is 0.250. The maximum absolute atomic E-state index is 12.4. The molecule has 3 aromatic carbocycles. The topological polar surface area (TPSA) is 80.7 Å². The Bertz CT molecular complexity index is 1330. The number of hydrogen-bond acceptors (Lipinski definition) is 6. The fourth-order valence-electron chi connectivity index (χ4n) is 4.58. The quantitative estimate of drug-likeness (QED) is 0.250. The molecule has 0 bridgehead atoms. The molecule has 4 atom stereocenters. The molecule has 7 heteroatoms. The van der Waals surface area contributed by atoms with E-state index in [4.69, 9.17) is 9.47 Å². The molecule has 1 aromatic heterocycles. The predicted octanol–water partition coefficient (Wildman–Crippen LogP) is 6.09. The summed E-state index contributed by atoms with van der Waals surface area (Å²) in [6, 6.07) is 29.8. The third kappa shape index (κ3) is 6.94. The van der Waals surface area contributed by atoms with Gasteiger partial charge in [-0.2, -0.15) is 0 Å². The van der Waals surface area contributed by atoms with E-state index < -0.39 is 6.29 Å². The van der Waals surface area contributed by atoms with Gasteiger partial charge in [-0.05, 0) is 41.0 Å². The van der Waals surface area contributed by atoms with Gasteiger partial charge in [0, 0.05) is 41.1 Å². The van der Waals surface area contributed by atoms with Crippen molar-refractivity contribution in [1.29, 1.82) is 0 Å². The zero-order valence-electron chi connectivity index (χ0n) is 21.8. The molecule has 2 heterocycles. The lowest BCUT2D eigenvalue weighted by molar-refractivity contribution is -0.268. The number of carbonyl (C=O) groups excluding carboxylic acids is 1. The van der Waals surface area contributed by atoms with Crippen LogP contribution in [0.4, 0.5) is 0 Å². The maximum atomic E-state index is 12.4. The van der Waals surface area contributed by atoms with Crippen molar-refractivity contribution in [3.05, 3.63) is 131 Å². The van der Waals surface area contributed by atoms with Crippen molar-refractivity contribution in [3.63, 3.8) is 0 Å². The van der Waals surface area contributed by atoms with Gasteiger partial charge < -0.3 is 19.9 Å². The van der Waals surface area contributed by atoms with Crippen LogP contribution in [-0.4, -0.2) is 27.9 Å². The summed E-state index contributed by atoms with van der Waals surface area (Å²) in [7, 11) is 0. The van der Waals surface area contributed by atoms with Crippen LogP contribution in [0.3, 0.4) is 0 Å². The van der Waals surface area contributed by atoms with Crippen LogP contribution in [0.5, 0.6) is 0 Å². The third-order valence-corrected chi connectivity index (χ3v) is 8.01. The van der Waals surface area contributed by atoms with Gasteiger partial charge in [0.15, 0.2) is 6.29 Å². The molecule has 2 N–H and O–H groups in total. The zero-order chi connectivity index (χ0) is 27.0. The van der Waals surface area contributed by atoms with Crippen LogP contribution < -0.4 is 5.32 Å². The Kier molecular flexibility index (Phi) is 9.06. The molecule has 0 saturated carbocycles. The normalized spacial score (nSPS) is 20.9. The van der Waals surface area contributed by atoms with Crippen LogP contribution >= 0.6 is 11.8 Å². The number of nitrogens with zero attached hydrogens (tertiary/aromatic N) is 1. The molecule has 1 saturated heterocycles. The van der Waals surface area contributed by atoms with E-state index in [2.05, 4.69) is 29.4 Å². The molecule has 6 nitrogen and oxygen atoms in total. The van der Waals surface area contributed by atoms with Crippen molar-refractivity contribution in [2.45, 2.75) is 43.5 Å². The highest BCUT2D eigenvalue weighted by Gasteiger charge is 2.38. The first kappa shape index (κ1) is 27.1. The summed E-state index contributed by atoms with van der Waals surface area (Å²) in [5, 5.41) is 12.4. The largest absolute Gasteiger partial charge is 0.392 e. The van der Waals surface area contributed by atoms with Gasteiger partial charge in [-0.25, -0.2) is 0 Å². The molecule has 4 unspecified atom stereocenters. The van der Waals surface area contributed by atoms with Crippen LogP contribution in [-0.2, 0) is 22.6 Å². The minimum atomic E-state index is -0.524. The molecule has 200 valence electrons. The monoisotopic (exact) mass is 540 g/mol. The lowest BCUT2D eigenvalue weighted by Gasteiger charge is -2.41. The number of ether oxygens (including phenoxy) is 2. The maximum Gasteiger partial charge on any atom is 0.253 e. The minimum Gasteiger partial charge on any atom is -0.392 e. The number of pyridine rings is 1. The van der Waals surface area contributed by atoms with Crippen LogP contribution in [0.25, 0.3) is 0 Å². The Morgan fingerprint density at radius 3 is 2.31 bits per heavy atom. The van der Waals surface area contributed by atoms with Crippen molar-refractivity contribution in [2.24, 2.45) is 5.92 Å². The Morgan fingerprint density at radius 1 is 0.897 bits per heavy atom. The van der Waals surface area contributed by atoms with Crippen LogP contribution in [0.1, 0.15) is 51.9 Å². The van der Waals surface area contributed by atoms with Gasteiger partial charge in [0.05, 0.1) is 24.4 Å². The molecule has 1 fully saturated rings. The predicted molar refractivity (Wildman–Crippen MR) is 152 cm³/mol. The van der Waals surface area contributed by atoms with E-state index in [0.29, 0.717) is 12.1 Å². The SMILES string of the molecule is CC1C(CSc2ccccc2)OC(c2ccc(CNC(=O)c3cccnc3)cc2)OC1c1ccc(CO)cc1. The van der Waals surface area contributed by atoms with Crippen LogP contribution in [0.15, 0.2) is 108 Å². The second-order valence-electron chi connectivity index (χ2n) is 9.61. The standard InChI is InChI=1S/C32H32N2O4S/c1-22-29(21-39-28-7-3-2-4-8-28)37-32(38-30(22)25-13-11-24(20-35)12-14-25)26-15-9-23(10-16-26)18-34-31(36)27-6-5-17-33-19-27/h2-17,19,22,29-30,32,35H,18,20-21H2,1H3,(H,34,36). The lowest BCUT2D eigenvalue weighted by Crippen LogP contribution is -2.38. The summed E-state index contributed by atoms with van der Waals surface area (Å²) in [5.41, 5.74) is 4.38. The number of hydrogen-bond donors (Lipinski definition) is 2. The summed E-state index contributed by atoms with van der Waals surface area (Å²) < 4.78 is 13.1. The molecule has 0 aliphatic carbocycles. The van der Waals surface area contributed by atoms with Gasteiger partial charge in [-0.3, -0.25) is 9.78 Å². The van der Waals surface area contributed by atoms with E-state index in [1.165, 1.54) is 4.90 Å². The summed E-state index contributed by atoms with van der Waals surface area (Å²) in [5.74, 6) is 0.766. The molecule has 0 radical (unpaired) electrons. The molecule has 39 heavy (non-hydrogen) atoms. The number of benzene rings is 3. The molecular weight excluding hydrogens is 508 g/mol. The number of aliphatic hydroxyl groups is 1. The first-order valence-electron chi connectivity index (χ1n) is 13.1. The fourth-order valence-corrected chi connectivity index (χ4v) is 5.67. The van der Waals surface area contributed by atoms with Crippen molar-refractivity contribution in [2.75, 3.05) is 5.75 Å². The van der Waals surface area contributed by atoms with E-state index in [0.717, 1.165) is 28.0 Å². The average Bonchev–Trinajstić information content (AvgIpc) is 3.00. The number of thioether (sulfide) groups is 1. The van der Waals surface area contributed by atoms with Gasteiger partial charge in [0.2, 0.25) is 0 Å². The highest BCUT2D eigenvalue weighted by molar-refractivity contribution is 7.99. The Labute approximate surface area is 233 Å². The number of carbonyl (C=O) groups is 1. The van der Waals surface area contributed by atoms with E-state index in [1.807, 2.05) is 66.7 Å². The van der Waals surface area contributed by atoms with Gasteiger partial charge in [0.1, 0.15) is 0 Å². The van der Waals surface area contributed by atoms with Crippen molar-refractivity contribution in [1.82, 2.24) is 10.3 Å². The van der Waals surface area contributed by atoms with Crippen molar-refractivity contribution < 1.29 is 19.4 Å². The van der Waals surface area contributed by atoms with Crippen molar-refractivity contribution in [3.8, 4) is 0 Å². The molecule has 5 rings (SSSR count). The number of amides is 1. The molecule has 1 amide bonds. The molecule has 4 aromatic rings. The first-order chi connectivity index (χ1) is 19.1. The molecule has 1 aliphatic rings. The number of rotatable bonds is 9. The highest BCUT2D eigenvalue weighted by atomic mass is 32.2. The number of aliphatic hydroxyl groups excluding tert-OH is 1. The first-order valence-corrected chi connectivity index (χ1v) is 14.0. The average molecular weight is 541 g/mol. The van der Waals surface area contributed by atoms with Gasteiger partial charge >= 0.3 is 0 Å². The minimum absolute atomic E-state index is 0.0124. The summed E-state index contributed by atoms with van der Waals surface area (Å²) in [6.45, 7) is 2.59. The van der Waals surface area contributed by atoms with Gasteiger partial charge in [-0.15, -0.1) is 11.8 Å². The number of nitrogens with one attached hydrogen (secondary N) is 1. The van der Waals surface area contributed by atoms with Crippen LogP contribution in [0, 0.1) is 5.92 Å². The lowest BCUT2D eigenvalue weighted by atomic mass is 9.91. The van der Waals surface area contributed by atoms with Crippen molar-refractivity contribution >= 4 is 17.7 Å². The molecule has 1 aliphatic heterocycles. The van der Waals surface area contributed by atoms with Crippen LogP contribution in [0.2, 0.25) is 0 Å². The number of aromatic nitrogens is 1. The van der Waals surface area contributed by atoms with E-state index in [-0.39, 0.29) is 30.6 Å². The second-order valence-corrected chi connectivity index (χ2v) is 10.7. The third-order valence-electron chi connectivity index (χ3n) is 6.91. The Balaban J connectivity index is 1.30. The second kappa shape index (κ2) is 13.0. The zero-order valence-corrected chi connectivity index (χ0v) is 22.6. The smallest absolute Gasteiger partial charge is 0.253 e.